The highest BCUT2D eigenvalue weighted by atomic mass is 32.2. The van der Waals surface area contributed by atoms with Crippen molar-refractivity contribution >= 4 is 10.8 Å². The van der Waals surface area contributed by atoms with Crippen LogP contribution in [0.15, 0.2) is 54.6 Å². The van der Waals surface area contributed by atoms with Crippen LogP contribution in [0, 0.1) is 6.92 Å². The fraction of sp³-hybridized carbons (Fsp3) is 0.250. The van der Waals surface area contributed by atoms with E-state index in [1.807, 2.05) is 55.5 Å². The number of rotatable bonds is 5. The minimum absolute atomic E-state index is 0.160. The van der Waals surface area contributed by atoms with Crippen molar-refractivity contribution in [3.8, 4) is 0 Å². The van der Waals surface area contributed by atoms with Gasteiger partial charge in [-0.1, -0.05) is 60.2 Å². The van der Waals surface area contributed by atoms with Gasteiger partial charge in [0.15, 0.2) is 0 Å². The zero-order chi connectivity index (χ0) is 13.7. The lowest BCUT2D eigenvalue weighted by molar-refractivity contribution is 0.674. The van der Waals surface area contributed by atoms with Crippen molar-refractivity contribution in [1.29, 1.82) is 0 Å². The van der Waals surface area contributed by atoms with Gasteiger partial charge in [-0.2, -0.15) is 0 Å². The molecule has 0 heterocycles. The minimum Gasteiger partial charge on any atom is -0.323 e. The van der Waals surface area contributed by atoms with Crippen LogP contribution in [-0.2, 0) is 16.6 Å². The largest absolute Gasteiger partial charge is 0.323 e. The Morgan fingerprint density at radius 1 is 1.11 bits per heavy atom. The summed E-state index contributed by atoms with van der Waals surface area (Å²) in [5.74, 6) is 1.07. The number of hydrogen-bond donors (Lipinski definition) is 1. The van der Waals surface area contributed by atoms with Crippen molar-refractivity contribution in [1.82, 2.24) is 0 Å². The molecule has 2 unspecified atom stereocenters. The molecule has 2 rings (SSSR count). The van der Waals surface area contributed by atoms with Crippen LogP contribution in [0.1, 0.15) is 22.7 Å². The van der Waals surface area contributed by atoms with Gasteiger partial charge >= 0.3 is 0 Å². The highest BCUT2D eigenvalue weighted by molar-refractivity contribution is 7.84. The van der Waals surface area contributed by atoms with Crippen molar-refractivity contribution in [3.05, 3.63) is 71.3 Å². The molecule has 0 fully saturated rings. The van der Waals surface area contributed by atoms with Gasteiger partial charge in [0.1, 0.15) is 0 Å². The van der Waals surface area contributed by atoms with Gasteiger partial charge in [0.05, 0.1) is 0 Å². The molecule has 0 saturated carbocycles. The van der Waals surface area contributed by atoms with Gasteiger partial charge in [0.2, 0.25) is 0 Å². The Morgan fingerprint density at radius 2 is 1.84 bits per heavy atom. The van der Waals surface area contributed by atoms with Crippen LogP contribution in [0.5, 0.6) is 0 Å². The molecule has 0 radical (unpaired) electrons. The summed E-state index contributed by atoms with van der Waals surface area (Å²) in [7, 11) is -0.935. The van der Waals surface area contributed by atoms with Crippen molar-refractivity contribution in [2.24, 2.45) is 5.73 Å². The number of benzene rings is 2. The number of aryl methyl sites for hydroxylation is 1. The second-order valence-corrected chi connectivity index (χ2v) is 6.26. The topological polar surface area (TPSA) is 43.1 Å². The molecule has 3 heteroatoms. The van der Waals surface area contributed by atoms with E-state index in [0.717, 1.165) is 11.1 Å². The molecule has 2 atom stereocenters. The maximum absolute atomic E-state index is 12.1. The van der Waals surface area contributed by atoms with E-state index in [1.165, 1.54) is 5.56 Å². The van der Waals surface area contributed by atoms with E-state index in [4.69, 9.17) is 5.73 Å². The van der Waals surface area contributed by atoms with Crippen molar-refractivity contribution < 1.29 is 4.21 Å². The van der Waals surface area contributed by atoms with Crippen molar-refractivity contribution in [3.63, 3.8) is 0 Å². The molecule has 2 aromatic carbocycles. The van der Waals surface area contributed by atoms with E-state index in [9.17, 15) is 4.21 Å². The Bertz CT molecular complexity index is 554. The lowest BCUT2D eigenvalue weighted by Crippen LogP contribution is -2.19. The number of hydrogen-bond acceptors (Lipinski definition) is 2. The van der Waals surface area contributed by atoms with Crippen LogP contribution < -0.4 is 5.73 Å². The molecule has 0 aliphatic carbocycles. The van der Waals surface area contributed by atoms with Crippen LogP contribution >= 0.6 is 0 Å². The molecule has 0 bridgehead atoms. The smallest absolute Gasteiger partial charge is 0.0486 e. The molecule has 0 spiro atoms. The van der Waals surface area contributed by atoms with Gasteiger partial charge in [-0.15, -0.1) is 0 Å². The summed E-state index contributed by atoms with van der Waals surface area (Å²) in [5, 5.41) is 0. The zero-order valence-electron chi connectivity index (χ0n) is 11.1. The van der Waals surface area contributed by atoms with Crippen LogP contribution in [0.3, 0.4) is 0 Å². The first-order valence-electron chi connectivity index (χ1n) is 6.36. The van der Waals surface area contributed by atoms with Crippen molar-refractivity contribution in [2.75, 3.05) is 5.75 Å². The maximum Gasteiger partial charge on any atom is 0.0486 e. The molecular weight excluding hydrogens is 254 g/mol. The third-order valence-electron chi connectivity index (χ3n) is 3.00. The second kappa shape index (κ2) is 6.64. The average Bonchev–Trinajstić information content (AvgIpc) is 2.39. The maximum atomic E-state index is 12.1. The predicted molar refractivity (Wildman–Crippen MR) is 81.3 cm³/mol. The highest BCUT2D eigenvalue weighted by Crippen LogP contribution is 2.13. The summed E-state index contributed by atoms with van der Waals surface area (Å²) in [6.07, 6.45) is 0. The summed E-state index contributed by atoms with van der Waals surface area (Å²) in [4.78, 5) is 0. The van der Waals surface area contributed by atoms with Crippen LogP contribution in [0.2, 0.25) is 0 Å². The third kappa shape index (κ3) is 4.30. The molecular formula is C16H19NOS. The van der Waals surface area contributed by atoms with Gasteiger partial charge in [-0.05, 0) is 18.1 Å². The SMILES string of the molecule is Cc1cccc(CS(=O)CC(N)c2ccccc2)c1. The summed E-state index contributed by atoms with van der Waals surface area (Å²) >= 11 is 0. The highest BCUT2D eigenvalue weighted by Gasteiger charge is 2.10. The van der Waals surface area contributed by atoms with Crippen LogP contribution in [-0.4, -0.2) is 9.96 Å². The standard InChI is InChI=1S/C16H19NOS/c1-13-6-5-7-14(10-13)11-19(18)12-16(17)15-8-3-2-4-9-15/h2-10,16H,11-12,17H2,1H3. The first-order valence-corrected chi connectivity index (χ1v) is 7.85. The van der Waals surface area contributed by atoms with E-state index in [2.05, 4.69) is 6.07 Å². The van der Waals surface area contributed by atoms with E-state index >= 15 is 0 Å². The second-order valence-electron chi connectivity index (χ2n) is 4.76. The molecule has 0 aliphatic rings. The van der Waals surface area contributed by atoms with Gasteiger partial charge in [0.25, 0.3) is 0 Å². The van der Waals surface area contributed by atoms with E-state index in [-0.39, 0.29) is 6.04 Å². The minimum atomic E-state index is -0.935. The van der Waals surface area contributed by atoms with Gasteiger partial charge < -0.3 is 5.73 Å². The Hall–Kier alpha value is -1.45. The first kappa shape index (κ1) is 14.0. The summed E-state index contributed by atoms with van der Waals surface area (Å²) in [6, 6.07) is 17.8. The third-order valence-corrected chi connectivity index (χ3v) is 4.39. The van der Waals surface area contributed by atoms with Gasteiger partial charge in [-0.3, -0.25) is 4.21 Å². The van der Waals surface area contributed by atoms with E-state index < -0.39 is 10.8 Å². The first-order chi connectivity index (χ1) is 9.15. The lowest BCUT2D eigenvalue weighted by Gasteiger charge is -2.11. The molecule has 0 aromatic heterocycles. The van der Waals surface area contributed by atoms with Gasteiger partial charge in [0, 0.05) is 28.3 Å². The molecule has 19 heavy (non-hydrogen) atoms. The molecule has 0 amide bonds. The van der Waals surface area contributed by atoms with Crippen LogP contribution in [0.25, 0.3) is 0 Å². The Balaban J connectivity index is 1.95. The van der Waals surface area contributed by atoms with Crippen molar-refractivity contribution in [2.45, 2.75) is 18.7 Å². The van der Waals surface area contributed by atoms with Crippen LogP contribution in [0.4, 0.5) is 0 Å². The molecule has 2 aromatic rings. The summed E-state index contributed by atoms with van der Waals surface area (Å²) in [6.45, 7) is 2.04. The molecule has 2 nitrogen and oxygen atoms in total. The molecule has 2 N–H and O–H groups in total. The Kier molecular flexibility index (Phi) is 4.88. The fourth-order valence-corrected chi connectivity index (χ4v) is 3.31. The fourth-order valence-electron chi connectivity index (χ4n) is 2.04. The van der Waals surface area contributed by atoms with Gasteiger partial charge in [-0.25, -0.2) is 0 Å². The average molecular weight is 273 g/mol. The van der Waals surface area contributed by atoms with E-state index in [0.29, 0.717) is 11.5 Å². The summed E-state index contributed by atoms with van der Waals surface area (Å²) < 4.78 is 12.1. The molecule has 0 saturated heterocycles. The lowest BCUT2D eigenvalue weighted by atomic mass is 10.1. The molecule has 0 aliphatic heterocycles. The quantitative estimate of drug-likeness (QED) is 0.910. The Morgan fingerprint density at radius 3 is 2.53 bits per heavy atom. The predicted octanol–water partition coefficient (Wildman–Crippen LogP) is 2.94. The monoisotopic (exact) mass is 273 g/mol. The van der Waals surface area contributed by atoms with E-state index in [1.54, 1.807) is 0 Å². The Labute approximate surface area is 117 Å². The zero-order valence-corrected chi connectivity index (χ0v) is 11.9. The molecule has 100 valence electrons. The normalized spacial score (nSPS) is 14.0. The summed E-state index contributed by atoms with van der Waals surface area (Å²) in [5.41, 5.74) is 9.43. The number of nitrogens with two attached hydrogens (primary N) is 1.